The standard InChI is InChI=1S/C26H33FN4O3S/c1-30-17-28-15-25(30)35-13-3-11-31-12-9-18(22(16-31)26(32)33)4-6-23(27)20-8-10-29-24-7-5-19(34-2)14-21(20)24/h5,7-8,10,14-15,17-18,22-23H,3-4,6,9,11-13,16H2,1-2H3,(H,32,33)/t18-,22+,23?/m1/s1. The van der Waals surface area contributed by atoms with Gasteiger partial charge in [0.25, 0.3) is 0 Å². The van der Waals surface area contributed by atoms with E-state index in [1.165, 1.54) is 0 Å². The average molecular weight is 501 g/mol. The van der Waals surface area contributed by atoms with Crippen LogP contribution in [0.3, 0.4) is 0 Å². The number of methoxy groups -OCH3 is 1. The molecule has 1 aromatic carbocycles. The molecule has 4 rings (SSSR count). The molecule has 1 saturated heterocycles. The van der Waals surface area contributed by atoms with Gasteiger partial charge in [-0.25, -0.2) is 9.37 Å². The largest absolute Gasteiger partial charge is 0.497 e. The Kier molecular flexibility index (Phi) is 8.62. The van der Waals surface area contributed by atoms with Crippen LogP contribution in [0.5, 0.6) is 5.75 Å². The van der Waals surface area contributed by atoms with E-state index in [4.69, 9.17) is 4.74 Å². The number of aliphatic carboxylic acids is 1. The zero-order valence-corrected chi connectivity index (χ0v) is 21.1. The van der Waals surface area contributed by atoms with E-state index in [0.29, 0.717) is 30.7 Å². The normalized spacial score (nSPS) is 19.6. The maximum atomic E-state index is 15.4. The lowest BCUT2D eigenvalue weighted by molar-refractivity contribution is -0.146. The van der Waals surface area contributed by atoms with Crippen LogP contribution in [0.1, 0.15) is 37.4 Å². The molecular formula is C26H33FN4O3S. The van der Waals surface area contributed by atoms with Crippen LogP contribution in [0, 0.1) is 11.8 Å². The highest BCUT2D eigenvalue weighted by atomic mass is 32.2. The summed E-state index contributed by atoms with van der Waals surface area (Å²) in [7, 11) is 3.57. The number of aryl methyl sites for hydroxylation is 1. The summed E-state index contributed by atoms with van der Waals surface area (Å²) in [5.74, 6) is 0.364. The lowest BCUT2D eigenvalue weighted by Crippen LogP contribution is -2.44. The molecular weight excluding hydrogens is 467 g/mol. The molecule has 1 N–H and O–H groups in total. The topological polar surface area (TPSA) is 80.5 Å². The second kappa shape index (κ2) is 11.9. The summed E-state index contributed by atoms with van der Waals surface area (Å²) in [5.41, 5.74) is 1.31. The Labute approximate surface area is 209 Å². The van der Waals surface area contributed by atoms with E-state index in [2.05, 4.69) is 14.9 Å². The van der Waals surface area contributed by atoms with Crippen LogP contribution in [-0.2, 0) is 11.8 Å². The van der Waals surface area contributed by atoms with E-state index in [9.17, 15) is 9.90 Å². The fraction of sp³-hybridized carbons (Fsp3) is 0.500. The molecule has 1 fully saturated rings. The van der Waals surface area contributed by atoms with E-state index < -0.39 is 18.1 Å². The SMILES string of the molecule is COc1ccc2nccc(C(F)CC[C@@H]3CCN(CCCSc4cncn4C)C[C@@H]3C(=O)O)c2c1. The van der Waals surface area contributed by atoms with Gasteiger partial charge in [0.05, 0.1) is 36.1 Å². The molecule has 2 aromatic heterocycles. The first-order valence-corrected chi connectivity index (χ1v) is 13.1. The number of hydrogen-bond donors (Lipinski definition) is 1. The molecule has 1 aliphatic heterocycles. The van der Waals surface area contributed by atoms with Crippen molar-refractivity contribution in [3.05, 3.63) is 48.5 Å². The number of aromatic nitrogens is 3. The number of thioether (sulfide) groups is 1. The van der Waals surface area contributed by atoms with E-state index >= 15 is 4.39 Å². The van der Waals surface area contributed by atoms with Crippen molar-refractivity contribution in [3.8, 4) is 5.75 Å². The van der Waals surface area contributed by atoms with E-state index in [0.717, 1.165) is 47.6 Å². The zero-order valence-electron chi connectivity index (χ0n) is 20.3. The summed E-state index contributed by atoms with van der Waals surface area (Å²) in [6.07, 6.45) is 6.72. The summed E-state index contributed by atoms with van der Waals surface area (Å²) >= 11 is 1.77. The highest BCUT2D eigenvalue weighted by molar-refractivity contribution is 7.99. The van der Waals surface area contributed by atoms with Gasteiger partial charge in [0.1, 0.15) is 11.9 Å². The van der Waals surface area contributed by atoms with Crippen molar-refractivity contribution in [3.63, 3.8) is 0 Å². The van der Waals surface area contributed by atoms with Crippen LogP contribution < -0.4 is 4.74 Å². The molecule has 0 spiro atoms. The highest BCUT2D eigenvalue weighted by Crippen LogP contribution is 2.35. The first kappa shape index (κ1) is 25.4. The van der Waals surface area contributed by atoms with Crippen LogP contribution >= 0.6 is 11.8 Å². The summed E-state index contributed by atoms with van der Waals surface area (Å²) in [6, 6.07) is 7.17. The van der Waals surface area contributed by atoms with Gasteiger partial charge in [0.2, 0.25) is 0 Å². The minimum atomic E-state index is -1.18. The van der Waals surface area contributed by atoms with Crippen molar-refractivity contribution < 1.29 is 19.0 Å². The summed E-state index contributed by atoms with van der Waals surface area (Å²) in [4.78, 5) is 22.7. The first-order valence-electron chi connectivity index (χ1n) is 12.1. The number of fused-ring (bicyclic) bond motifs is 1. The van der Waals surface area contributed by atoms with Gasteiger partial charge < -0.3 is 19.3 Å². The van der Waals surface area contributed by atoms with E-state index in [1.807, 2.05) is 36.0 Å². The van der Waals surface area contributed by atoms with Gasteiger partial charge in [0, 0.05) is 30.9 Å². The predicted molar refractivity (Wildman–Crippen MR) is 136 cm³/mol. The van der Waals surface area contributed by atoms with Gasteiger partial charge in [-0.3, -0.25) is 9.78 Å². The number of pyridine rings is 1. The molecule has 35 heavy (non-hydrogen) atoms. The Morgan fingerprint density at radius 1 is 1.37 bits per heavy atom. The second-order valence-electron chi connectivity index (χ2n) is 9.17. The van der Waals surface area contributed by atoms with Crippen molar-refractivity contribution in [2.75, 3.05) is 32.5 Å². The summed E-state index contributed by atoms with van der Waals surface area (Å²) in [5, 5.41) is 11.8. The zero-order chi connectivity index (χ0) is 24.8. The molecule has 3 heterocycles. The monoisotopic (exact) mass is 500 g/mol. The summed E-state index contributed by atoms with van der Waals surface area (Å²) in [6.45, 7) is 2.26. The van der Waals surface area contributed by atoms with Gasteiger partial charge in [-0.05, 0) is 74.5 Å². The Morgan fingerprint density at radius 3 is 2.97 bits per heavy atom. The predicted octanol–water partition coefficient (Wildman–Crippen LogP) is 4.97. The molecule has 0 bridgehead atoms. The Bertz CT molecular complexity index is 1140. The molecule has 0 aliphatic carbocycles. The van der Waals surface area contributed by atoms with Crippen molar-refractivity contribution in [1.29, 1.82) is 0 Å². The minimum absolute atomic E-state index is 0.0199. The highest BCUT2D eigenvalue weighted by Gasteiger charge is 2.34. The number of hydrogen-bond acceptors (Lipinski definition) is 6. The number of carboxylic acid groups (broad SMARTS) is 1. The minimum Gasteiger partial charge on any atom is -0.497 e. The van der Waals surface area contributed by atoms with Crippen LogP contribution in [0.15, 0.2) is 48.0 Å². The van der Waals surface area contributed by atoms with Gasteiger partial charge in [-0.2, -0.15) is 0 Å². The molecule has 1 unspecified atom stereocenters. The van der Waals surface area contributed by atoms with Crippen LogP contribution in [0.2, 0.25) is 0 Å². The molecule has 0 saturated carbocycles. The van der Waals surface area contributed by atoms with Crippen molar-refractivity contribution in [1.82, 2.24) is 19.4 Å². The van der Waals surface area contributed by atoms with Gasteiger partial charge in [-0.1, -0.05) is 0 Å². The molecule has 3 atom stereocenters. The third-order valence-electron chi connectivity index (χ3n) is 6.91. The van der Waals surface area contributed by atoms with Crippen LogP contribution in [-0.4, -0.2) is 63.0 Å². The average Bonchev–Trinajstić information content (AvgIpc) is 3.29. The quantitative estimate of drug-likeness (QED) is 0.294. The van der Waals surface area contributed by atoms with Crippen molar-refractivity contribution >= 4 is 28.6 Å². The smallest absolute Gasteiger partial charge is 0.308 e. The van der Waals surface area contributed by atoms with Gasteiger partial charge >= 0.3 is 5.97 Å². The Balaban J connectivity index is 1.30. The number of alkyl halides is 1. The van der Waals surface area contributed by atoms with Crippen molar-refractivity contribution in [2.45, 2.75) is 36.9 Å². The fourth-order valence-electron chi connectivity index (χ4n) is 4.91. The number of piperidine rings is 1. The lowest BCUT2D eigenvalue weighted by atomic mass is 9.81. The fourth-order valence-corrected chi connectivity index (χ4v) is 5.78. The van der Waals surface area contributed by atoms with Gasteiger partial charge in [-0.15, -0.1) is 11.8 Å². The number of imidazole rings is 1. The number of carbonyl (C=O) groups is 1. The third kappa shape index (κ3) is 6.32. The maximum Gasteiger partial charge on any atom is 0.308 e. The molecule has 1 aliphatic rings. The van der Waals surface area contributed by atoms with E-state index in [-0.39, 0.29) is 5.92 Å². The lowest BCUT2D eigenvalue weighted by Gasteiger charge is -2.36. The number of likely N-dealkylation sites (tertiary alicyclic amines) is 1. The number of ether oxygens (including phenoxy) is 1. The van der Waals surface area contributed by atoms with Crippen LogP contribution in [0.4, 0.5) is 4.39 Å². The molecule has 3 aromatic rings. The molecule has 7 nitrogen and oxygen atoms in total. The first-order chi connectivity index (χ1) is 17.0. The number of nitrogens with zero attached hydrogens (tertiary/aromatic N) is 4. The number of benzene rings is 1. The molecule has 0 amide bonds. The molecule has 9 heteroatoms. The molecule has 0 radical (unpaired) electrons. The van der Waals surface area contributed by atoms with Crippen LogP contribution in [0.25, 0.3) is 10.9 Å². The Hall–Kier alpha value is -2.65. The molecule has 188 valence electrons. The Morgan fingerprint density at radius 2 is 2.23 bits per heavy atom. The number of carboxylic acids is 1. The third-order valence-corrected chi connectivity index (χ3v) is 8.09. The number of halogens is 1. The van der Waals surface area contributed by atoms with Gasteiger partial charge in [0.15, 0.2) is 0 Å². The second-order valence-corrected chi connectivity index (χ2v) is 10.3. The van der Waals surface area contributed by atoms with Crippen molar-refractivity contribution in [2.24, 2.45) is 18.9 Å². The van der Waals surface area contributed by atoms with E-state index in [1.54, 1.807) is 37.5 Å². The summed E-state index contributed by atoms with van der Waals surface area (Å²) < 4.78 is 22.7. The maximum absolute atomic E-state index is 15.4. The number of rotatable bonds is 11.